The van der Waals surface area contributed by atoms with Gasteiger partial charge in [0, 0.05) is 0 Å². The van der Waals surface area contributed by atoms with Gasteiger partial charge < -0.3 is 25.2 Å². The van der Waals surface area contributed by atoms with Gasteiger partial charge in [0.2, 0.25) is 0 Å². The van der Waals surface area contributed by atoms with E-state index in [2.05, 4.69) is 12.2 Å². The van der Waals surface area contributed by atoms with E-state index in [1.54, 1.807) is 0 Å². The van der Waals surface area contributed by atoms with Gasteiger partial charge in [0.05, 0.1) is 6.61 Å². The van der Waals surface area contributed by atoms with E-state index in [0.29, 0.717) is 6.54 Å². The molecule has 0 aromatic heterocycles. The third kappa shape index (κ3) is 10.5. The predicted molar refractivity (Wildman–Crippen MR) is 112 cm³/mol. The molecule has 1 aliphatic rings. The molecule has 28 heavy (non-hydrogen) atoms. The highest BCUT2D eigenvalue weighted by Crippen LogP contribution is 2.20. The molecule has 0 bridgehead atoms. The van der Waals surface area contributed by atoms with E-state index in [0.717, 1.165) is 12.8 Å². The average Bonchev–Trinajstić information content (AvgIpc) is 2.70. The molecule has 168 valence electrons. The summed E-state index contributed by atoms with van der Waals surface area (Å²) in [6, 6.07) is 0. The van der Waals surface area contributed by atoms with Crippen LogP contribution in [0.2, 0.25) is 0 Å². The van der Waals surface area contributed by atoms with Crippen LogP contribution < -0.4 is 5.32 Å². The standard InChI is InChI=1S/C22H45NO5/c1-2-3-4-5-6-7-8-9-10-11-12-13-14-15-16-23-22-21(27)20(26)19(25)18(17-24)28-22/h18-27H,2-17H2,1H3/t18-,19-,20+,21-,22-/m1/s1. The summed E-state index contributed by atoms with van der Waals surface area (Å²) in [6.45, 7) is 2.55. The SMILES string of the molecule is CCCCCCCCCCCCCCCCN[C@@H]1O[C@H](CO)[C@@H](O)[C@H](O)[C@H]1O. The Balaban J connectivity index is 1.90. The van der Waals surface area contributed by atoms with Gasteiger partial charge in [-0.3, -0.25) is 5.32 Å². The van der Waals surface area contributed by atoms with Crippen molar-refractivity contribution < 1.29 is 25.2 Å². The number of aliphatic hydroxyl groups excluding tert-OH is 4. The van der Waals surface area contributed by atoms with Crippen molar-refractivity contribution in [1.82, 2.24) is 5.32 Å². The fraction of sp³-hybridized carbons (Fsp3) is 1.00. The number of ether oxygens (including phenoxy) is 1. The van der Waals surface area contributed by atoms with Crippen LogP contribution in [0.4, 0.5) is 0 Å². The number of hydrogen-bond donors (Lipinski definition) is 5. The molecule has 0 spiro atoms. The molecule has 6 nitrogen and oxygen atoms in total. The molecule has 0 aromatic rings. The van der Waals surface area contributed by atoms with Gasteiger partial charge in [-0.15, -0.1) is 0 Å². The van der Waals surface area contributed by atoms with Crippen molar-refractivity contribution >= 4 is 0 Å². The second-order valence-corrected chi connectivity index (χ2v) is 8.30. The maximum Gasteiger partial charge on any atom is 0.137 e. The van der Waals surface area contributed by atoms with E-state index in [1.165, 1.54) is 77.0 Å². The molecule has 0 aromatic carbocycles. The van der Waals surface area contributed by atoms with Crippen LogP contribution in [0.15, 0.2) is 0 Å². The first-order valence-corrected chi connectivity index (χ1v) is 11.7. The second-order valence-electron chi connectivity index (χ2n) is 8.30. The maximum atomic E-state index is 9.96. The largest absolute Gasteiger partial charge is 0.394 e. The molecule has 0 saturated carbocycles. The van der Waals surface area contributed by atoms with Crippen LogP contribution in [-0.2, 0) is 4.74 Å². The summed E-state index contributed by atoms with van der Waals surface area (Å²) in [7, 11) is 0. The van der Waals surface area contributed by atoms with Crippen molar-refractivity contribution in [3.05, 3.63) is 0 Å². The molecule has 0 radical (unpaired) electrons. The zero-order valence-electron chi connectivity index (χ0n) is 17.9. The molecule has 0 unspecified atom stereocenters. The molecule has 1 aliphatic heterocycles. The van der Waals surface area contributed by atoms with Gasteiger partial charge in [-0.1, -0.05) is 90.4 Å². The van der Waals surface area contributed by atoms with Gasteiger partial charge in [-0.25, -0.2) is 0 Å². The van der Waals surface area contributed by atoms with Gasteiger partial charge in [0.15, 0.2) is 0 Å². The third-order valence-electron chi connectivity index (χ3n) is 5.77. The van der Waals surface area contributed by atoms with Crippen molar-refractivity contribution in [2.75, 3.05) is 13.2 Å². The summed E-state index contributed by atoms with van der Waals surface area (Å²) in [4.78, 5) is 0. The molecule has 1 rings (SSSR count). The highest BCUT2D eigenvalue weighted by Gasteiger charge is 2.42. The minimum atomic E-state index is -1.31. The van der Waals surface area contributed by atoms with E-state index in [9.17, 15) is 20.4 Å². The van der Waals surface area contributed by atoms with Crippen molar-refractivity contribution in [2.24, 2.45) is 0 Å². The summed E-state index contributed by atoms with van der Waals surface area (Å²) in [5, 5.41) is 41.7. The lowest BCUT2D eigenvalue weighted by Crippen LogP contribution is -2.62. The van der Waals surface area contributed by atoms with Crippen molar-refractivity contribution in [3.63, 3.8) is 0 Å². The molecule has 0 amide bonds. The highest BCUT2D eigenvalue weighted by atomic mass is 16.6. The molecular weight excluding hydrogens is 358 g/mol. The van der Waals surface area contributed by atoms with Crippen LogP contribution in [0, 0.1) is 0 Å². The summed E-state index contributed by atoms with van der Waals surface area (Å²) in [5.41, 5.74) is 0. The first-order chi connectivity index (χ1) is 13.6. The normalized spacial score (nSPS) is 28.0. The quantitative estimate of drug-likeness (QED) is 0.239. The van der Waals surface area contributed by atoms with Gasteiger partial charge in [0.25, 0.3) is 0 Å². The smallest absolute Gasteiger partial charge is 0.137 e. The Morgan fingerprint density at radius 1 is 0.643 bits per heavy atom. The van der Waals surface area contributed by atoms with Crippen LogP contribution in [-0.4, -0.2) is 64.2 Å². The van der Waals surface area contributed by atoms with E-state index in [-0.39, 0.29) is 6.61 Å². The van der Waals surface area contributed by atoms with Crippen LogP contribution in [0.1, 0.15) is 96.8 Å². The molecule has 5 atom stereocenters. The Morgan fingerprint density at radius 2 is 1.11 bits per heavy atom. The first kappa shape index (κ1) is 25.8. The van der Waals surface area contributed by atoms with Gasteiger partial charge >= 0.3 is 0 Å². The van der Waals surface area contributed by atoms with E-state index < -0.39 is 30.6 Å². The van der Waals surface area contributed by atoms with E-state index in [1.807, 2.05) is 0 Å². The van der Waals surface area contributed by atoms with Crippen molar-refractivity contribution in [1.29, 1.82) is 0 Å². The summed E-state index contributed by atoms with van der Waals surface area (Å²) in [6.07, 6.45) is 12.9. The number of unbranched alkanes of at least 4 members (excludes halogenated alkanes) is 13. The van der Waals surface area contributed by atoms with Crippen molar-refractivity contribution in [2.45, 2.75) is 127 Å². The highest BCUT2D eigenvalue weighted by molar-refractivity contribution is 4.90. The first-order valence-electron chi connectivity index (χ1n) is 11.7. The van der Waals surface area contributed by atoms with Crippen molar-refractivity contribution in [3.8, 4) is 0 Å². The number of rotatable bonds is 17. The van der Waals surface area contributed by atoms with E-state index in [4.69, 9.17) is 4.74 Å². The zero-order chi connectivity index (χ0) is 20.6. The Kier molecular flexibility index (Phi) is 15.2. The third-order valence-corrected chi connectivity index (χ3v) is 5.77. The van der Waals surface area contributed by atoms with Crippen LogP contribution >= 0.6 is 0 Å². The second kappa shape index (κ2) is 16.5. The minimum absolute atomic E-state index is 0.387. The monoisotopic (exact) mass is 403 g/mol. The fourth-order valence-electron chi connectivity index (χ4n) is 3.83. The Morgan fingerprint density at radius 3 is 1.57 bits per heavy atom. The van der Waals surface area contributed by atoms with E-state index >= 15 is 0 Å². The molecular formula is C22H45NO5. The number of aliphatic hydroxyl groups is 4. The Labute approximate surface area is 171 Å². The molecule has 5 N–H and O–H groups in total. The van der Waals surface area contributed by atoms with Gasteiger partial charge in [0.1, 0.15) is 30.6 Å². The topological polar surface area (TPSA) is 102 Å². The van der Waals surface area contributed by atoms with Crippen LogP contribution in [0.25, 0.3) is 0 Å². The lowest BCUT2D eigenvalue weighted by atomic mass is 9.98. The number of hydrogen-bond acceptors (Lipinski definition) is 6. The van der Waals surface area contributed by atoms with Gasteiger partial charge in [-0.05, 0) is 13.0 Å². The van der Waals surface area contributed by atoms with Crippen LogP contribution in [0.3, 0.4) is 0 Å². The zero-order valence-corrected chi connectivity index (χ0v) is 17.9. The summed E-state index contributed by atoms with van der Waals surface area (Å²) < 4.78 is 5.43. The molecule has 6 heteroatoms. The molecule has 1 heterocycles. The number of nitrogens with one attached hydrogen (secondary N) is 1. The van der Waals surface area contributed by atoms with Gasteiger partial charge in [-0.2, -0.15) is 0 Å². The van der Waals surface area contributed by atoms with Crippen LogP contribution in [0.5, 0.6) is 0 Å². The molecule has 0 aliphatic carbocycles. The minimum Gasteiger partial charge on any atom is -0.394 e. The lowest BCUT2D eigenvalue weighted by Gasteiger charge is -2.40. The summed E-state index contributed by atoms with van der Waals surface area (Å²) in [5.74, 6) is 0. The Bertz CT molecular complexity index is 356. The molecule has 1 saturated heterocycles. The Hall–Kier alpha value is -0.240. The lowest BCUT2D eigenvalue weighted by molar-refractivity contribution is -0.236. The maximum absolute atomic E-state index is 9.96. The summed E-state index contributed by atoms with van der Waals surface area (Å²) >= 11 is 0. The fourth-order valence-corrected chi connectivity index (χ4v) is 3.83. The molecule has 1 fully saturated rings. The predicted octanol–water partition coefficient (Wildman–Crippen LogP) is 2.86. The average molecular weight is 404 g/mol.